The van der Waals surface area contributed by atoms with E-state index in [1.807, 2.05) is 55.8 Å². The van der Waals surface area contributed by atoms with Crippen molar-refractivity contribution in [1.82, 2.24) is 19.8 Å². The average molecular weight is 335 g/mol. The van der Waals surface area contributed by atoms with E-state index in [2.05, 4.69) is 10.3 Å². The summed E-state index contributed by atoms with van der Waals surface area (Å²) in [5.41, 5.74) is 0.834. The molecule has 5 nitrogen and oxygen atoms in total. The number of rotatable bonds is 4. The topological polar surface area (TPSA) is 50.2 Å². The van der Waals surface area contributed by atoms with Gasteiger partial charge in [0.1, 0.15) is 5.82 Å². The second-order valence-corrected chi connectivity index (χ2v) is 7.07. The van der Waals surface area contributed by atoms with Crippen LogP contribution in [-0.2, 0) is 13.1 Å². The minimum Gasteiger partial charge on any atom is -0.333 e. The third-order valence-corrected chi connectivity index (χ3v) is 3.49. The molecule has 0 bridgehead atoms. The normalized spacial score (nSPS) is 11.3. The molecule has 1 aromatic carbocycles. The lowest BCUT2D eigenvalue weighted by molar-refractivity contribution is 0.196. The number of hydrogen-bond acceptors (Lipinski definition) is 2. The van der Waals surface area contributed by atoms with E-state index in [1.54, 1.807) is 18.1 Å². The molecule has 2 rings (SSSR count). The number of benzene rings is 1. The molecule has 23 heavy (non-hydrogen) atoms. The molecule has 1 heterocycles. The number of urea groups is 1. The van der Waals surface area contributed by atoms with Gasteiger partial charge >= 0.3 is 6.03 Å². The van der Waals surface area contributed by atoms with Gasteiger partial charge in [-0.2, -0.15) is 0 Å². The third kappa shape index (κ3) is 5.28. The molecular formula is C17H23ClN4O. The van der Waals surface area contributed by atoms with Crippen molar-refractivity contribution in [3.63, 3.8) is 0 Å². The van der Waals surface area contributed by atoms with Crippen LogP contribution in [0.4, 0.5) is 4.79 Å². The summed E-state index contributed by atoms with van der Waals surface area (Å²) in [6, 6.07) is 7.61. The summed E-state index contributed by atoms with van der Waals surface area (Å²) in [5.74, 6) is 0.830. The van der Waals surface area contributed by atoms with E-state index in [1.165, 1.54) is 0 Å². The minimum absolute atomic E-state index is 0.116. The summed E-state index contributed by atoms with van der Waals surface area (Å²) in [6.07, 6.45) is 3.65. The highest BCUT2D eigenvalue weighted by Gasteiger charge is 2.18. The van der Waals surface area contributed by atoms with E-state index >= 15 is 0 Å². The van der Waals surface area contributed by atoms with Gasteiger partial charge in [0.25, 0.3) is 0 Å². The van der Waals surface area contributed by atoms with Crippen molar-refractivity contribution in [3.8, 4) is 0 Å². The average Bonchev–Trinajstić information content (AvgIpc) is 2.84. The first kappa shape index (κ1) is 17.3. The maximum Gasteiger partial charge on any atom is 0.317 e. The number of hydrogen-bond donors (Lipinski definition) is 1. The summed E-state index contributed by atoms with van der Waals surface area (Å²) in [4.78, 5) is 18.1. The minimum atomic E-state index is -0.262. The Morgan fingerprint density at radius 3 is 2.78 bits per heavy atom. The third-order valence-electron chi connectivity index (χ3n) is 3.25. The summed E-state index contributed by atoms with van der Waals surface area (Å²) in [5, 5.41) is 3.65. The number of carbonyl (C=O) groups is 1. The molecule has 6 heteroatoms. The largest absolute Gasteiger partial charge is 0.333 e. The second kappa shape index (κ2) is 7.04. The van der Waals surface area contributed by atoms with Gasteiger partial charge in [-0.25, -0.2) is 9.78 Å². The first-order valence-electron chi connectivity index (χ1n) is 7.52. The molecule has 0 atom stereocenters. The molecule has 2 aromatic rings. The Kier molecular flexibility index (Phi) is 5.31. The van der Waals surface area contributed by atoms with Gasteiger partial charge in [0.05, 0.1) is 6.54 Å². The molecule has 1 N–H and O–H groups in total. The van der Waals surface area contributed by atoms with Crippen LogP contribution in [0, 0.1) is 0 Å². The van der Waals surface area contributed by atoms with Gasteiger partial charge in [-0.15, -0.1) is 0 Å². The van der Waals surface area contributed by atoms with Crippen LogP contribution in [0.2, 0.25) is 5.02 Å². The molecule has 0 aliphatic heterocycles. The molecule has 2 amide bonds. The standard InChI is InChI=1S/C17H23ClN4O/c1-17(2,3)20-16(23)21(4)12-15-19-8-9-22(15)11-13-6-5-7-14(18)10-13/h5-10H,11-12H2,1-4H3,(H,20,23). The lowest BCUT2D eigenvalue weighted by Crippen LogP contribution is -2.47. The van der Waals surface area contributed by atoms with E-state index in [9.17, 15) is 4.79 Å². The summed E-state index contributed by atoms with van der Waals surface area (Å²) >= 11 is 6.03. The first-order chi connectivity index (χ1) is 10.7. The van der Waals surface area contributed by atoms with Crippen molar-refractivity contribution in [1.29, 1.82) is 0 Å². The molecule has 0 saturated carbocycles. The lowest BCUT2D eigenvalue weighted by atomic mass is 10.1. The number of aromatic nitrogens is 2. The zero-order valence-corrected chi connectivity index (χ0v) is 14.8. The predicted molar refractivity (Wildman–Crippen MR) is 92.5 cm³/mol. The molecule has 0 fully saturated rings. The SMILES string of the molecule is CN(Cc1nccn1Cc1cccc(Cl)c1)C(=O)NC(C)(C)C. The Bertz CT molecular complexity index is 675. The maximum absolute atomic E-state index is 12.2. The van der Waals surface area contributed by atoms with E-state index in [4.69, 9.17) is 11.6 Å². The fraction of sp³-hybridized carbons (Fsp3) is 0.412. The van der Waals surface area contributed by atoms with Gasteiger partial charge in [-0.3, -0.25) is 0 Å². The molecule has 1 aromatic heterocycles. The molecule has 124 valence electrons. The number of nitrogens with zero attached hydrogens (tertiary/aromatic N) is 3. The zero-order chi connectivity index (χ0) is 17.0. The first-order valence-corrected chi connectivity index (χ1v) is 7.90. The summed E-state index contributed by atoms with van der Waals surface area (Å²) in [7, 11) is 1.76. The van der Waals surface area contributed by atoms with Crippen molar-refractivity contribution in [2.45, 2.75) is 39.4 Å². The van der Waals surface area contributed by atoms with E-state index in [0.29, 0.717) is 18.1 Å². The fourth-order valence-electron chi connectivity index (χ4n) is 2.17. The second-order valence-electron chi connectivity index (χ2n) is 6.64. The van der Waals surface area contributed by atoms with Gasteiger partial charge in [0.2, 0.25) is 0 Å². The van der Waals surface area contributed by atoms with Gasteiger partial charge < -0.3 is 14.8 Å². The molecule has 0 aliphatic rings. The highest BCUT2D eigenvalue weighted by molar-refractivity contribution is 6.30. The van der Waals surface area contributed by atoms with E-state index in [-0.39, 0.29) is 11.6 Å². The van der Waals surface area contributed by atoms with E-state index in [0.717, 1.165) is 11.4 Å². The number of carbonyl (C=O) groups excluding carboxylic acids is 1. The maximum atomic E-state index is 12.2. The Morgan fingerprint density at radius 2 is 2.13 bits per heavy atom. The van der Waals surface area contributed by atoms with Crippen LogP contribution in [0.25, 0.3) is 0 Å². The zero-order valence-electron chi connectivity index (χ0n) is 14.0. The summed E-state index contributed by atoms with van der Waals surface area (Å²) < 4.78 is 2.02. The molecule has 0 spiro atoms. The van der Waals surface area contributed by atoms with Gasteiger partial charge in [-0.1, -0.05) is 23.7 Å². The van der Waals surface area contributed by atoms with Crippen LogP contribution < -0.4 is 5.32 Å². The number of imidazole rings is 1. The van der Waals surface area contributed by atoms with Crippen molar-refractivity contribution >= 4 is 17.6 Å². The molecule has 0 radical (unpaired) electrons. The Labute approximate surface area is 142 Å². The van der Waals surface area contributed by atoms with Crippen LogP contribution in [0.15, 0.2) is 36.7 Å². The number of halogens is 1. The van der Waals surface area contributed by atoms with Crippen molar-refractivity contribution in [2.75, 3.05) is 7.05 Å². The lowest BCUT2D eigenvalue weighted by Gasteiger charge is -2.25. The molecule has 0 unspecified atom stereocenters. The van der Waals surface area contributed by atoms with Crippen LogP contribution in [0.3, 0.4) is 0 Å². The predicted octanol–water partition coefficient (Wildman–Crippen LogP) is 3.52. The monoisotopic (exact) mass is 334 g/mol. The molecular weight excluding hydrogens is 312 g/mol. The Hall–Kier alpha value is -2.01. The Balaban J connectivity index is 2.05. The molecule has 0 saturated heterocycles. The smallest absolute Gasteiger partial charge is 0.317 e. The highest BCUT2D eigenvalue weighted by atomic mass is 35.5. The van der Waals surface area contributed by atoms with Crippen LogP contribution >= 0.6 is 11.6 Å². The van der Waals surface area contributed by atoms with Crippen molar-refractivity contribution in [2.24, 2.45) is 0 Å². The summed E-state index contributed by atoms with van der Waals surface area (Å²) in [6.45, 7) is 6.98. The number of nitrogens with one attached hydrogen (secondary N) is 1. The van der Waals surface area contributed by atoms with Crippen molar-refractivity contribution < 1.29 is 4.79 Å². The number of amides is 2. The highest BCUT2D eigenvalue weighted by Crippen LogP contribution is 2.13. The van der Waals surface area contributed by atoms with Gasteiger partial charge in [-0.05, 0) is 38.5 Å². The fourth-order valence-corrected chi connectivity index (χ4v) is 2.38. The van der Waals surface area contributed by atoms with E-state index < -0.39 is 0 Å². The molecule has 0 aliphatic carbocycles. The van der Waals surface area contributed by atoms with Crippen LogP contribution in [0.5, 0.6) is 0 Å². The van der Waals surface area contributed by atoms with Gasteiger partial charge in [0.15, 0.2) is 0 Å². The quantitative estimate of drug-likeness (QED) is 0.930. The van der Waals surface area contributed by atoms with Gasteiger partial charge in [0, 0.05) is 36.5 Å². The van der Waals surface area contributed by atoms with Crippen LogP contribution in [-0.4, -0.2) is 33.1 Å². The van der Waals surface area contributed by atoms with Crippen LogP contribution in [0.1, 0.15) is 32.2 Å². The Morgan fingerprint density at radius 1 is 1.39 bits per heavy atom. The van der Waals surface area contributed by atoms with Crippen molar-refractivity contribution in [3.05, 3.63) is 53.1 Å².